The van der Waals surface area contributed by atoms with Gasteiger partial charge in [-0.15, -0.1) is 0 Å². The zero-order chi connectivity index (χ0) is 18.0. The van der Waals surface area contributed by atoms with Crippen LogP contribution in [-0.2, 0) is 22.7 Å². The fraction of sp³-hybridized carbons (Fsp3) is 0.529. The van der Waals surface area contributed by atoms with Crippen LogP contribution < -0.4 is 5.32 Å². The third-order valence-electron chi connectivity index (χ3n) is 4.72. The summed E-state index contributed by atoms with van der Waals surface area (Å²) in [6.07, 6.45) is 6.37. The zero-order valence-electron chi connectivity index (χ0n) is 14.5. The fourth-order valence-electron chi connectivity index (χ4n) is 3.42. The summed E-state index contributed by atoms with van der Waals surface area (Å²) in [6.45, 7) is 5.67. The largest absolute Gasteiger partial charge is 0.481 e. The van der Waals surface area contributed by atoms with Gasteiger partial charge in [0.15, 0.2) is 0 Å². The Morgan fingerprint density at radius 3 is 2.68 bits per heavy atom. The number of aryl methyl sites for hydroxylation is 2. The Labute approximate surface area is 145 Å². The van der Waals surface area contributed by atoms with Crippen molar-refractivity contribution in [1.82, 2.24) is 24.9 Å². The van der Waals surface area contributed by atoms with Gasteiger partial charge in [0.1, 0.15) is 11.0 Å². The van der Waals surface area contributed by atoms with Gasteiger partial charge < -0.3 is 10.4 Å². The van der Waals surface area contributed by atoms with E-state index in [9.17, 15) is 14.7 Å². The summed E-state index contributed by atoms with van der Waals surface area (Å²) in [5.41, 5.74) is 2.86. The van der Waals surface area contributed by atoms with E-state index in [2.05, 4.69) is 15.5 Å². The lowest BCUT2D eigenvalue weighted by atomic mass is 9.82. The molecule has 2 aromatic heterocycles. The summed E-state index contributed by atoms with van der Waals surface area (Å²) in [5, 5.41) is 21.0. The molecular weight excluding hydrogens is 322 g/mol. The normalized spacial score (nSPS) is 20.1. The number of hydrogen-bond acceptors (Lipinski definition) is 4. The number of rotatable bonds is 6. The molecule has 0 unspecified atom stereocenters. The van der Waals surface area contributed by atoms with E-state index in [1.165, 1.54) is 0 Å². The Morgan fingerprint density at radius 2 is 2.00 bits per heavy atom. The fourth-order valence-corrected chi connectivity index (χ4v) is 3.42. The summed E-state index contributed by atoms with van der Waals surface area (Å²) in [7, 11) is 0. The molecule has 134 valence electrons. The van der Waals surface area contributed by atoms with E-state index in [1.807, 2.05) is 35.4 Å². The first-order valence-electron chi connectivity index (χ1n) is 8.57. The maximum absolute atomic E-state index is 12.4. The quantitative estimate of drug-likeness (QED) is 0.769. The van der Waals surface area contributed by atoms with Crippen molar-refractivity contribution in [3.63, 3.8) is 0 Å². The van der Waals surface area contributed by atoms with E-state index in [4.69, 9.17) is 0 Å². The predicted octanol–water partition coefficient (Wildman–Crippen LogP) is 1.34. The summed E-state index contributed by atoms with van der Waals surface area (Å²) in [5.74, 6) is -2.28. The van der Waals surface area contributed by atoms with Crippen molar-refractivity contribution in [2.24, 2.45) is 11.8 Å². The molecule has 2 N–H and O–H groups in total. The SMILES string of the molecule is CCn1nc(C)c2c1cnn2CCNC(=O)[C@@H]1CC=CC[C@H]1C(=O)O. The van der Waals surface area contributed by atoms with Gasteiger partial charge in [-0.1, -0.05) is 12.2 Å². The molecule has 0 aliphatic heterocycles. The molecule has 0 radical (unpaired) electrons. The van der Waals surface area contributed by atoms with Gasteiger partial charge >= 0.3 is 5.97 Å². The van der Waals surface area contributed by atoms with E-state index in [1.54, 1.807) is 6.20 Å². The molecule has 1 aliphatic carbocycles. The molecule has 0 bridgehead atoms. The lowest BCUT2D eigenvalue weighted by Gasteiger charge is -2.24. The lowest BCUT2D eigenvalue weighted by Crippen LogP contribution is -2.39. The molecule has 3 rings (SSSR count). The third-order valence-corrected chi connectivity index (χ3v) is 4.72. The van der Waals surface area contributed by atoms with Gasteiger partial charge in [0.25, 0.3) is 0 Å². The lowest BCUT2D eigenvalue weighted by molar-refractivity contribution is -0.147. The number of hydrogen-bond donors (Lipinski definition) is 2. The molecule has 1 amide bonds. The van der Waals surface area contributed by atoms with Crippen molar-refractivity contribution in [1.29, 1.82) is 0 Å². The van der Waals surface area contributed by atoms with Crippen molar-refractivity contribution in [3.05, 3.63) is 24.0 Å². The van der Waals surface area contributed by atoms with E-state index in [-0.39, 0.29) is 5.91 Å². The standard InChI is InChI=1S/C17H23N5O3/c1-3-21-14-10-19-22(15(14)11(2)20-21)9-8-18-16(23)12-6-4-5-7-13(12)17(24)25/h4-5,10,12-13H,3,6-9H2,1-2H3,(H,18,23)(H,24,25)/t12-,13-/m1/s1. The van der Waals surface area contributed by atoms with E-state index < -0.39 is 17.8 Å². The van der Waals surface area contributed by atoms with Crippen LogP contribution in [0.2, 0.25) is 0 Å². The second-order valence-electron chi connectivity index (χ2n) is 6.29. The predicted molar refractivity (Wildman–Crippen MR) is 91.9 cm³/mol. The summed E-state index contributed by atoms with van der Waals surface area (Å²) in [4.78, 5) is 23.7. The molecule has 2 aromatic rings. The summed E-state index contributed by atoms with van der Waals surface area (Å²) < 4.78 is 3.73. The number of amides is 1. The Balaban J connectivity index is 1.63. The Hall–Kier alpha value is -2.64. The van der Waals surface area contributed by atoms with Crippen LogP contribution in [0.4, 0.5) is 0 Å². The molecule has 0 spiro atoms. The highest BCUT2D eigenvalue weighted by atomic mass is 16.4. The second kappa shape index (κ2) is 7.08. The van der Waals surface area contributed by atoms with E-state index in [0.29, 0.717) is 25.9 Å². The van der Waals surface area contributed by atoms with E-state index >= 15 is 0 Å². The maximum atomic E-state index is 12.4. The first-order valence-corrected chi connectivity index (χ1v) is 8.57. The smallest absolute Gasteiger partial charge is 0.307 e. The molecule has 0 aromatic carbocycles. The number of carboxylic acids is 1. The molecule has 25 heavy (non-hydrogen) atoms. The molecule has 2 atom stereocenters. The van der Waals surface area contributed by atoms with Gasteiger partial charge in [0, 0.05) is 13.1 Å². The van der Waals surface area contributed by atoms with Crippen LogP contribution in [0.5, 0.6) is 0 Å². The van der Waals surface area contributed by atoms with Crippen LogP contribution in [-0.4, -0.2) is 43.1 Å². The average molecular weight is 345 g/mol. The number of aromatic nitrogens is 4. The first-order chi connectivity index (χ1) is 12.0. The van der Waals surface area contributed by atoms with Gasteiger partial charge in [-0.2, -0.15) is 10.2 Å². The van der Waals surface area contributed by atoms with Crippen LogP contribution in [0, 0.1) is 18.8 Å². The summed E-state index contributed by atoms with van der Waals surface area (Å²) >= 11 is 0. The van der Waals surface area contributed by atoms with Crippen molar-refractivity contribution in [2.75, 3.05) is 6.54 Å². The number of nitrogens with zero attached hydrogens (tertiary/aromatic N) is 4. The van der Waals surface area contributed by atoms with Crippen LogP contribution >= 0.6 is 0 Å². The van der Waals surface area contributed by atoms with Crippen molar-refractivity contribution in [3.8, 4) is 0 Å². The molecule has 8 nitrogen and oxygen atoms in total. The minimum Gasteiger partial charge on any atom is -0.481 e. The van der Waals surface area contributed by atoms with Crippen LogP contribution in [0.25, 0.3) is 11.0 Å². The Bertz CT molecular complexity index is 820. The van der Waals surface area contributed by atoms with Gasteiger partial charge in [-0.25, -0.2) is 0 Å². The number of allylic oxidation sites excluding steroid dienone is 2. The average Bonchev–Trinajstić information content (AvgIpc) is 3.16. The van der Waals surface area contributed by atoms with Crippen LogP contribution in [0.3, 0.4) is 0 Å². The van der Waals surface area contributed by atoms with Gasteiger partial charge in [0.05, 0.1) is 30.3 Å². The molecule has 0 saturated carbocycles. The number of fused-ring (bicyclic) bond motifs is 1. The number of carboxylic acid groups (broad SMARTS) is 1. The summed E-state index contributed by atoms with van der Waals surface area (Å²) in [6, 6.07) is 0. The minimum absolute atomic E-state index is 0.207. The topological polar surface area (TPSA) is 102 Å². The first kappa shape index (κ1) is 17.2. The van der Waals surface area contributed by atoms with Crippen molar-refractivity contribution < 1.29 is 14.7 Å². The molecular formula is C17H23N5O3. The zero-order valence-corrected chi connectivity index (χ0v) is 14.5. The van der Waals surface area contributed by atoms with E-state index in [0.717, 1.165) is 23.3 Å². The molecule has 8 heteroatoms. The minimum atomic E-state index is -0.916. The van der Waals surface area contributed by atoms with Crippen LogP contribution in [0.1, 0.15) is 25.5 Å². The van der Waals surface area contributed by atoms with Crippen molar-refractivity contribution in [2.45, 2.75) is 39.8 Å². The number of carbonyl (C=O) groups excluding carboxylic acids is 1. The highest BCUT2D eigenvalue weighted by molar-refractivity contribution is 5.85. The monoisotopic (exact) mass is 345 g/mol. The number of carbonyl (C=O) groups is 2. The maximum Gasteiger partial charge on any atom is 0.307 e. The molecule has 1 aliphatic rings. The molecule has 2 heterocycles. The highest BCUT2D eigenvalue weighted by Crippen LogP contribution is 2.26. The van der Waals surface area contributed by atoms with Crippen LogP contribution in [0.15, 0.2) is 18.3 Å². The Kier molecular flexibility index (Phi) is 4.87. The Morgan fingerprint density at radius 1 is 1.28 bits per heavy atom. The number of nitrogens with one attached hydrogen (secondary N) is 1. The third kappa shape index (κ3) is 3.29. The molecule has 0 saturated heterocycles. The van der Waals surface area contributed by atoms with Gasteiger partial charge in [0.2, 0.25) is 5.91 Å². The second-order valence-corrected chi connectivity index (χ2v) is 6.29. The van der Waals surface area contributed by atoms with Gasteiger partial charge in [-0.3, -0.25) is 19.0 Å². The van der Waals surface area contributed by atoms with Gasteiger partial charge in [-0.05, 0) is 26.7 Å². The number of aliphatic carboxylic acids is 1. The van der Waals surface area contributed by atoms with Crippen molar-refractivity contribution >= 4 is 22.9 Å². The highest BCUT2D eigenvalue weighted by Gasteiger charge is 2.33. The molecule has 0 fully saturated rings.